The molecular weight excluding hydrogens is 188 g/mol. The molecule has 3 heteroatoms. The molecule has 3 rings (SSSR count). The van der Waals surface area contributed by atoms with E-state index in [0.29, 0.717) is 6.04 Å². The van der Waals surface area contributed by atoms with E-state index in [1.54, 1.807) is 0 Å². The van der Waals surface area contributed by atoms with Crippen molar-refractivity contribution in [2.24, 2.45) is 5.92 Å². The van der Waals surface area contributed by atoms with Crippen molar-refractivity contribution in [2.75, 3.05) is 26.2 Å². The van der Waals surface area contributed by atoms with E-state index in [1.165, 1.54) is 32.1 Å². The number of hydrogen-bond acceptors (Lipinski definition) is 3. The Balaban J connectivity index is 1.61. The number of nitrogens with one attached hydrogen (secondary N) is 2. The molecule has 2 saturated heterocycles. The summed E-state index contributed by atoms with van der Waals surface area (Å²) in [6.07, 6.45) is 7.12. The minimum absolute atomic E-state index is 0.154. The summed E-state index contributed by atoms with van der Waals surface area (Å²) in [5.74, 6) is 0.960. The average molecular weight is 210 g/mol. The molecule has 1 saturated carbocycles. The summed E-state index contributed by atoms with van der Waals surface area (Å²) in [5.41, 5.74) is 0.154. The number of hydrogen-bond donors (Lipinski definition) is 2. The Hall–Kier alpha value is -0.120. The van der Waals surface area contributed by atoms with E-state index in [-0.39, 0.29) is 5.60 Å². The molecule has 2 N–H and O–H groups in total. The number of morpholine rings is 1. The van der Waals surface area contributed by atoms with Gasteiger partial charge in [0.05, 0.1) is 6.61 Å². The minimum atomic E-state index is 0.154. The van der Waals surface area contributed by atoms with E-state index in [9.17, 15) is 0 Å². The first-order valence-electron chi connectivity index (χ1n) is 6.47. The molecular formula is C12H22N2O. The second-order valence-corrected chi connectivity index (χ2v) is 5.41. The van der Waals surface area contributed by atoms with Crippen LogP contribution in [0.3, 0.4) is 0 Å². The summed E-state index contributed by atoms with van der Waals surface area (Å²) in [7, 11) is 0. The van der Waals surface area contributed by atoms with Crippen LogP contribution in [0.1, 0.15) is 32.1 Å². The average Bonchev–Trinajstić information content (AvgIpc) is 2.69. The van der Waals surface area contributed by atoms with Gasteiger partial charge in [-0.2, -0.15) is 0 Å². The third-order valence-electron chi connectivity index (χ3n) is 4.41. The lowest BCUT2D eigenvalue weighted by atomic mass is 9.81. The first kappa shape index (κ1) is 10.1. The summed E-state index contributed by atoms with van der Waals surface area (Å²) in [5, 5.41) is 7.04. The molecule has 0 aromatic rings. The smallest absolute Gasteiger partial charge is 0.108 e. The Kier molecular flexibility index (Phi) is 2.71. The molecule has 0 bridgehead atoms. The SMILES string of the molecule is C1CCC(CC2NCCOC23CNC3)C1. The third kappa shape index (κ3) is 1.81. The van der Waals surface area contributed by atoms with Crippen LogP contribution in [0.5, 0.6) is 0 Å². The quantitative estimate of drug-likeness (QED) is 0.710. The molecule has 1 aliphatic carbocycles. The Bertz CT molecular complexity index is 222. The first-order chi connectivity index (χ1) is 7.39. The fourth-order valence-corrected chi connectivity index (χ4v) is 3.37. The molecule has 1 spiro atoms. The van der Waals surface area contributed by atoms with Crippen LogP contribution in [-0.2, 0) is 4.74 Å². The van der Waals surface area contributed by atoms with Gasteiger partial charge < -0.3 is 15.4 Å². The predicted octanol–water partition coefficient (Wildman–Crippen LogP) is 0.897. The lowest BCUT2D eigenvalue weighted by Gasteiger charge is -2.51. The molecule has 3 nitrogen and oxygen atoms in total. The number of rotatable bonds is 2. The van der Waals surface area contributed by atoms with Crippen molar-refractivity contribution in [2.45, 2.75) is 43.7 Å². The highest BCUT2D eigenvalue weighted by Gasteiger charge is 2.47. The van der Waals surface area contributed by atoms with Gasteiger partial charge in [-0.25, -0.2) is 0 Å². The summed E-state index contributed by atoms with van der Waals surface area (Å²) in [4.78, 5) is 0. The highest BCUT2D eigenvalue weighted by molar-refractivity contribution is 5.06. The standard InChI is InChI=1S/C12H22N2O/c1-2-4-10(3-1)7-11-12(8-13-9-12)15-6-5-14-11/h10-11,13-14H,1-9H2. The third-order valence-corrected chi connectivity index (χ3v) is 4.41. The molecule has 3 fully saturated rings. The molecule has 86 valence electrons. The predicted molar refractivity (Wildman–Crippen MR) is 59.9 cm³/mol. The maximum absolute atomic E-state index is 6.00. The van der Waals surface area contributed by atoms with Crippen LogP contribution in [0.4, 0.5) is 0 Å². The minimum Gasteiger partial charge on any atom is -0.369 e. The molecule has 15 heavy (non-hydrogen) atoms. The van der Waals surface area contributed by atoms with Gasteiger partial charge in [-0.15, -0.1) is 0 Å². The molecule has 0 amide bonds. The van der Waals surface area contributed by atoms with Gasteiger partial charge in [-0.05, 0) is 12.3 Å². The molecule has 2 aliphatic heterocycles. The van der Waals surface area contributed by atoms with Crippen LogP contribution in [0, 0.1) is 5.92 Å². The van der Waals surface area contributed by atoms with Crippen molar-refractivity contribution in [3.8, 4) is 0 Å². The van der Waals surface area contributed by atoms with E-state index in [0.717, 1.165) is 32.2 Å². The van der Waals surface area contributed by atoms with E-state index in [1.807, 2.05) is 0 Å². The maximum Gasteiger partial charge on any atom is 0.108 e. The summed E-state index contributed by atoms with van der Waals surface area (Å²) < 4.78 is 6.00. The fraction of sp³-hybridized carbons (Fsp3) is 1.00. The van der Waals surface area contributed by atoms with Crippen molar-refractivity contribution in [1.82, 2.24) is 10.6 Å². The Labute approximate surface area is 91.9 Å². The molecule has 1 atom stereocenters. The molecule has 3 aliphatic rings. The van der Waals surface area contributed by atoms with E-state index in [4.69, 9.17) is 4.74 Å². The molecule has 0 radical (unpaired) electrons. The topological polar surface area (TPSA) is 33.3 Å². The zero-order valence-corrected chi connectivity index (χ0v) is 9.43. The van der Waals surface area contributed by atoms with Crippen molar-refractivity contribution >= 4 is 0 Å². The summed E-state index contributed by atoms with van der Waals surface area (Å²) in [6, 6.07) is 0.607. The van der Waals surface area contributed by atoms with Crippen LogP contribution in [0.2, 0.25) is 0 Å². The van der Waals surface area contributed by atoms with E-state index < -0.39 is 0 Å². The van der Waals surface area contributed by atoms with Crippen molar-refractivity contribution in [3.63, 3.8) is 0 Å². The van der Waals surface area contributed by atoms with E-state index in [2.05, 4.69) is 10.6 Å². The highest BCUT2D eigenvalue weighted by atomic mass is 16.5. The van der Waals surface area contributed by atoms with Gasteiger partial charge in [0.25, 0.3) is 0 Å². The summed E-state index contributed by atoms with van der Waals surface area (Å²) in [6.45, 7) is 4.04. The largest absolute Gasteiger partial charge is 0.369 e. The van der Waals surface area contributed by atoms with Crippen LogP contribution >= 0.6 is 0 Å². The zero-order chi connectivity index (χ0) is 10.1. The van der Waals surface area contributed by atoms with Gasteiger partial charge in [-0.3, -0.25) is 0 Å². The summed E-state index contributed by atoms with van der Waals surface area (Å²) >= 11 is 0. The highest BCUT2D eigenvalue weighted by Crippen LogP contribution is 2.34. The first-order valence-corrected chi connectivity index (χ1v) is 6.47. The molecule has 2 heterocycles. The van der Waals surface area contributed by atoms with Crippen LogP contribution < -0.4 is 10.6 Å². The Morgan fingerprint density at radius 1 is 1.20 bits per heavy atom. The lowest BCUT2D eigenvalue weighted by Crippen LogP contribution is -2.73. The zero-order valence-electron chi connectivity index (χ0n) is 9.43. The number of ether oxygens (including phenoxy) is 1. The van der Waals surface area contributed by atoms with E-state index >= 15 is 0 Å². The Morgan fingerprint density at radius 3 is 2.67 bits per heavy atom. The molecule has 1 unspecified atom stereocenters. The van der Waals surface area contributed by atoms with Crippen LogP contribution in [-0.4, -0.2) is 37.9 Å². The van der Waals surface area contributed by atoms with Crippen molar-refractivity contribution in [1.29, 1.82) is 0 Å². The van der Waals surface area contributed by atoms with Crippen molar-refractivity contribution < 1.29 is 4.74 Å². The van der Waals surface area contributed by atoms with Gasteiger partial charge in [0.2, 0.25) is 0 Å². The second-order valence-electron chi connectivity index (χ2n) is 5.41. The normalized spacial score (nSPS) is 35.6. The van der Waals surface area contributed by atoms with Crippen LogP contribution in [0.15, 0.2) is 0 Å². The van der Waals surface area contributed by atoms with Gasteiger partial charge in [0, 0.05) is 25.7 Å². The fourth-order valence-electron chi connectivity index (χ4n) is 3.37. The van der Waals surface area contributed by atoms with Crippen molar-refractivity contribution in [3.05, 3.63) is 0 Å². The monoisotopic (exact) mass is 210 g/mol. The van der Waals surface area contributed by atoms with Gasteiger partial charge in [0.15, 0.2) is 0 Å². The lowest BCUT2D eigenvalue weighted by molar-refractivity contribution is -0.130. The van der Waals surface area contributed by atoms with Gasteiger partial charge in [0.1, 0.15) is 5.60 Å². The van der Waals surface area contributed by atoms with Crippen LogP contribution in [0.25, 0.3) is 0 Å². The maximum atomic E-state index is 6.00. The van der Waals surface area contributed by atoms with Gasteiger partial charge >= 0.3 is 0 Å². The molecule has 0 aromatic heterocycles. The second kappa shape index (κ2) is 4.04. The molecule has 0 aromatic carbocycles. The van der Waals surface area contributed by atoms with Gasteiger partial charge in [-0.1, -0.05) is 25.7 Å². The Morgan fingerprint density at radius 2 is 2.00 bits per heavy atom.